The molecule has 0 spiro atoms. The highest BCUT2D eigenvalue weighted by molar-refractivity contribution is 7.86. The SMILES string of the molecule is O=S(=O)([O-])c1ccc(N=Nc2cc3cc(S(=O)(=O)O)ccc3cc2[O-])cc1. The molecular weight excluding hydrogens is 396 g/mol. The molecule has 11 heteroatoms. The number of rotatable bonds is 4. The van der Waals surface area contributed by atoms with Crippen LogP contribution in [-0.4, -0.2) is 25.9 Å². The van der Waals surface area contributed by atoms with E-state index in [4.69, 9.17) is 4.55 Å². The van der Waals surface area contributed by atoms with E-state index in [9.17, 15) is 26.5 Å². The molecule has 140 valence electrons. The highest BCUT2D eigenvalue weighted by atomic mass is 32.2. The summed E-state index contributed by atoms with van der Waals surface area (Å²) in [7, 11) is -8.97. The summed E-state index contributed by atoms with van der Waals surface area (Å²) in [6.45, 7) is 0. The standard InChI is InChI=1S/C16H12N2O7S2/c19-16-9-10-1-4-14(27(23,24)25)7-11(10)8-15(16)18-17-12-2-5-13(6-3-12)26(20,21)22/h1-9,19H,(H,20,21,22)(H,23,24,25)/p-2. The summed E-state index contributed by atoms with van der Waals surface area (Å²) in [6.07, 6.45) is 0. The largest absolute Gasteiger partial charge is 0.871 e. The zero-order chi connectivity index (χ0) is 19.8. The van der Waals surface area contributed by atoms with Gasteiger partial charge in [0, 0.05) is 0 Å². The lowest BCUT2D eigenvalue weighted by molar-refractivity contribution is -0.267. The normalized spacial score (nSPS) is 12.7. The Morgan fingerprint density at radius 3 is 2.00 bits per heavy atom. The van der Waals surface area contributed by atoms with Gasteiger partial charge in [-0.2, -0.15) is 18.6 Å². The quantitative estimate of drug-likeness (QED) is 0.514. The van der Waals surface area contributed by atoms with Crippen molar-refractivity contribution in [1.29, 1.82) is 0 Å². The third kappa shape index (κ3) is 4.28. The summed E-state index contributed by atoms with van der Waals surface area (Å²) in [6, 6.07) is 10.9. The van der Waals surface area contributed by atoms with Crippen LogP contribution in [0.1, 0.15) is 0 Å². The third-order valence-electron chi connectivity index (χ3n) is 3.59. The van der Waals surface area contributed by atoms with Crippen LogP contribution in [0.4, 0.5) is 11.4 Å². The van der Waals surface area contributed by atoms with Gasteiger partial charge in [0.25, 0.3) is 10.1 Å². The van der Waals surface area contributed by atoms with Crippen LogP contribution < -0.4 is 5.11 Å². The summed E-state index contributed by atoms with van der Waals surface area (Å²) in [4.78, 5) is -0.750. The van der Waals surface area contributed by atoms with E-state index in [2.05, 4.69) is 10.2 Å². The van der Waals surface area contributed by atoms with Crippen LogP contribution in [0.3, 0.4) is 0 Å². The maximum absolute atomic E-state index is 12.1. The number of hydrogen-bond acceptors (Lipinski definition) is 8. The Labute approximate surface area is 154 Å². The molecule has 0 unspecified atom stereocenters. The first-order valence-electron chi connectivity index (χ1n) is 7.24. The predicted molar refractivity (Wildman–Crippen MR) is 91.8 cm³/mol. The summed E-state index contributed by atoms with van der Waals surface area (Å²) in [5.74, 6) is -0.468. The Balaban J connectivity index is 1.98. The molecule has 0 amide bonds. The van der Waals surface area contributed by atoms with Crippen molar-refractivity contribution in [1.82, 2.24) is 0 Å². The fourth-order valence-electron chi connectivity index (χ4n) is 2.27. The average molecular weight is 406 g/mol. The summed E-state index contributed by atoms with van der Waals surface area (Å²) in [5.41, 5.74) is 0.115. The van der Waals surface area contributed by atoms with Crippen LogP contribution in [-0.2, 0) is 20.2 Å². The van der Waals surface area contributed by atoms with Gasteiger partial charge in [-0.05, 0) is 53.2 Å². The monoisotopic (exact) mass is 406 g/mol. The van der Waals surface area contributed by atoms with Crippen molar-refractivity contribution in [2.24, 2.45) is 10.2 Å². The second kappa shape index (κ2) is 6.70. The van der Waals surface area contributed by atoms with Gasteiger partial charge in [0.1, 0.15) is 10.1 Å². The molecule has 0 aromatic heterocycles. The minimum absolute atomic E-state index is 0.0875. The fourth-order valence-corrected chi connectivity index (χ4v) is 3.26. The van der Waals surface area contributed by atoms with Crippen molar-refractivity contribution in [3.8, 4) is 5.75 Å². The minimum atomic E-state index is -4.58. The van der Waals surface area contributed by atoms with Crippen LogP contribution in [0.2, 0.25) is 0 Å². The van der Waals surface area contributed by atoms with E-state index in [1.54, 1.807) is 0 Å². The average Bonchev–Trinajstić information content (AvgIpc) is 2.58. The Hall–Kier alpha value is -2.86. The van der Waals surface area contributed by atoms with Crippen molar-refractivity contribution >= 4 is 42.4 Å². The molecule has 0 aliphatic rings. The molecule has 3 rings (SSSR count). The Morgan fingerprint density at radius 1 is 0.778 bits per heavy atom. The molecule has 0 saturated heterocycles. The molecule has 3 aromatic rings. The maximum Gasteiger partial charge on any atom is 0.294 e. The minimum Gasteiger partial charge on any atom is -0.871 e. The lowest BCUT2D eigenvalue weighted by Crippen LogP contribution is -1.97. The summed E-state index contributed by atoms with van der Waals surface area (Å²) >= 11 is 0. The van der Waals surface area contributed by atoms with Gasteiger partial charge in [-0.15, -0.1) is 0 Å². The van der Waals surface area contributed by atoms with Crippen LogP contribution in [0.5, 0.6) is 5.75 Å². The molecule has 3 aromatic carbocycles. The van der Waals surface area contributed by atoms with E-state index < -0.39 is 30.9 Å². The van der Waals surface area contributed by atoms with Crippen LogP contribution in [0, 0.1) is 0 Å². The molecule has 0 heterocycles. The lowest BCUT2D eigenvalue weighted by atomic mass is 10.1. The van der Waals surface area contributed by atoms with Crippen molar-refractivity contribution in [3.63, 3.8) is 0 Å². The number of nitrogens with zero attached hydrogens (tertiary/aromatic N) is 2. The van der Waals surface area contributed by atoms with E-state index in [0.717, 1.165) is 12.1 Å². The van der Waals surface area contributed by atoms with Gasteiger partial charge in [-0.25, -0.2) is 8.42 Å². The first-order chi connectivity index (χ1) is 12.5. The first kappa shape index (κ1) is 18.9. The molecule has 9 nitrogen and oxygen atoms in total. The van der Waals surface area contributed by atoms with Gasteiger partial charge in [0.15, 0.2) is 0 Å². The van der Waals surface area contributed by atoms with E-state index >= 15 is 0 Å². The fraction of sp³-hybridized carbons (Fsp3) is 0. The van der Waals surface area contributed by atoms with Gasteiger partial charge in [-0.3, -0.25) is 4.55 Å². The van der Waals surface area contributed by atoms with Gasteiger partial charge in [-0.1, -0.05) is 17.9 Å². The van der Waals surface area contributed by atoms with Crippen LogP contribution in [0.15, 0.2) is 74.6 Å². The number of azo groups is 1. The molecule has 0 atom stereocenters. The third-order valence-corrected chi connectivity index (χ3v) is 5.29. The Kier molecular flexibility index (Phi) is 4.70. The van der Waals surface area contributed by atoms with Gasteiger partial charge < -0.3 is 9.66 Å². The van der Waals surface area contributed by atoms with Crippen molar-refractivity contribution in [2.75, 3.05) is 0 Å². The topological polar surface area (TPSA) is 159 Å². The van der Waals surface area contributed by atoms with Crippen LogP contribution in [0.25, 0.3) is 10.8 Å². The number of fused-ring (bicyclic) bond motifs is 1. The maximum atomic E-state index is 12.1. The molecule has 0 saturated carbocycles. The molecule has 0 bridgehead atoms. The van der Waals surface area contributed by atoms with Crippen molar-refractivity contribution < 1.29 is 31.0 Å². The highest BCUT2D eigenvalue weighted by Crippen LogP contribution is 2.32. The van der Waals surface area contributed by atoms with Gasteiger partial charge in [0.05, 0.1) is 21.2 Å². The molecule has 0 aliphatic heterocycles. The Morgan fingerprint density at radius 2 is 1.41 bits per heavy atom. The highest BCUT2D eigenvalue weighted by Gasteiger charge is 2.10. The Bertz CT molecular complexity index is 1270. The van der Waals surface area contributed by atoms with Gasteiger partial charge >= 0.3 is 0 Å². The lowest BCUT2D eigenvalue weighted by Gasteiger charge is -2.11. The van der Waals surface area contributed by atoms with E-state index in [1.165, 1.54) is 42.5 Å². The van der Waals surface area contributed by atoms with Crippen molar-refractivity contribution in [2.45, 2.75) is 9.79 Å². The molecule has 27 heavy (non-hydrogen) atoms. The number of hydrogen-bond donors (Lipinski definition) is 1. The predicted octanol–water partition coefficient (Wildman–Crippen LogP) is 2.48. The first-order valence-corrected chi connectivity index (χ1v) is 10.1. The zero-order valence-corrected chi connectivity index (χ0v) is 14.9. The summed E-state index contributed by atoms with van der Waals surface area (Å²) in [5, 5.41) is 20.5. The second-order valence-electron chi connectivity index (χ2n) is 5.45. The molecule has 0 fully saturated rings. The second-order valence-corrected chi connectivity index (χ2v) is 8.25. The van der Waals surface area contributed by atoms with E-state index in [-0.39, 0.29) is 16.3 Å². The van der Waals surface area contributed by atoms with Crippen LogP contribution >= 0.6 is 0 Å². The number of benzene rings is 3. The molecule has 1 N–H and O–H groups in total. The summed E-state index contributed by atoms with van der Waals surface area (Å²) < 4.78 is 64.2. The van der Waals surface area contributed by atoms with Crippen molar-refractivity contribution in [3.05, 3.63) is 54.6 Å². The van der Waals surface area contributed by atoms with Gasteiger partial charge in [0.2, 0.25) is 0 Å². The molecular formula is C16H10N2O7S2-2. The molecule has 0 aliphatic carbocycles. The smallest absolute Gasteiger partial charge is 0.294 e. The zero-order valence-electron chi connectivity index (χ0n) is 13.3. The molecule has 0 radical (unpaired) electrons. The van der Waals surface area contributed by atoms with E-state index in [1.807, 2.05) is 0 Å². The van der Waals surface area contributed by atoms with E-state index in [0.29, 0.717) is 10.8 Å².